The van der Waals surface area contributed by atoms with Gasteiger partial charge in [-0.3, -0.25) is 4.79 Å². The zero-order valence-corrected chi connectivity index (χ0v) is 17.4. The molecule has 6 nitrogen and oxygen atoms in total. The van der Waals surface area contributed by atoms with Crippen LogP contribution in [0, 0.1) is 0 Å². The third-order valence-corrected chi connectivity index (χ3v) is 8.85. The van der Waals surface area contributed by atoms with Gasteiger partial charge in [-0.15, -0.1) is 11.3 Å². The van der Waals surface area contributed by atoms with E-state index in [9.17, 15) is 13.2 Å². The molecule has 1 saturated heterocycles. The van der Waals surface area contributed by atoms with Crippen molar-refractivity contribution in [2.45, 2.75) is 23.1 Å². The fraction of sp³-hybridized carbons (Fsp3) is 0.250. The van der Waals surface area contributed by atoms with Crippen LogP contribution in [0.2, 0.25) is 0 Å². The SMILES string of the molecule is O=C(Nc1nc2ccc(Br)cc2s1)C1CCCN1S(=O)(=O)c1cccs1. The molecule has 1 N–H and O–H groups in total. The van der Waals surface area contributed by atoms with Crippen LogP contribution in [-0.4, -0.2) is 36.2 Å². The second-order valence-corrected chi connectivity index (χ2v) is 10.8. The monoisotopic (exact) mass is 471 g/mol. The number of sulfonamides is 1. The molecule has 4 rings (SSSR count). The van der Waals surface area contributed by atoms with Crippen LogP contribution in [0.4, 0.5) is 5.13 Å². The maximum absolute atomic E-state index is 12.8. The fourth-order valence-electron chi connectivity index (χ4n) is 2.96. The Kier molecular flexibility index (Phi) is 4.86. The molecule has 10 heteroatoms. The van der Waals surface area contributed by atoms with E-state index in [-0.39, 0.29) is 10.1 Å². The number of fused-ring (bicyclic) bond motifs is 1. The van der Waals surface area contributed by atoms with Gasteiger partial charge in [0.05, 0.1) is 10.2 Å². The van der Waals surface area contributed by atoms with Gasteiger partial charge < -0.3 is 5.32 Å². The lowest BCUT2D eigenvalue weighted by molar-refractivity contribution is -0.119. The van der Waals surface area contributed by atoms with E-state index in [1.54, 1.807) is 17.5 Å². The van der Waals surface area contributed by atoms with Gasteiger partial charge in [0.2, 0.25) is 5.91 Å². The number of carbonyl (C=O) groups excluding carboxylic acids is 1. The first-order valence-corrected chi connectivity index (χ1v) is 11.8. The van der Waals surface area contributed by atoms with E-state index in [0.717, 1.165) is 26.0 Å². The number of hydrogen-bond acceptors (Lipinski definition) is 6. The Morgan fingerprint density at radius 3 is 2.96 bits per heavy atom. The minimum absolute atomic E-state index is 0.266. The predicted molar refractivity (Wildman–Crippen MR) is 107 cm³/mol. The molecule has 3 heterocycles. The Balaban J connectivity index is 1.56. The minimum atomic E-state index is -3.64. The van der Waals surface area contributed by atoms with Crippen LogP contribution in [0.5, 0.6) is 0 Å². The molecule has 1 fully saturated rings. The molecule has 1 unspecified atom stereocenters. The lowest BCUT2D eigenvalue weighted by atomic mass is 10.2. The number of thiophene rings is 1. The van der Waals surface area contributed by atoms with Crippen molar-refractivity contribution in [2.24, 2.45) is 0 Å². The van der Waals surface area contributed by atoms with Crippen molar-refractivity contribution in [1.82, 2.24) is 9.29 Å². The van der Waals surface area contributed by atoms with E-state index in [1.165, 1.54) is 15.6 Å². The third kappa shape index (κ3) is 3.31. The van der Waals surface area contributed by atoms with Gasteiger partial charge in [-0.25, -0.2) is 13.4 Å². The van der Waals surface area contributed by atoms with Crippen molar-refractivity contribution in [1.29, 1.82) is 0 Å². The number of amides is 1. The molecule has 1 atom stereocenters. The molecule has 136 valence electrons. The minimum Gasteiger partial charge on any atom is -0.301 e. The largest absolute Gasteiger partial charge is 0.301 e. The summed E-state index contributed by atoms with van der Waals surface area (Å²) in [7, 11) is -3.64. The van der Waals surface area contributed by atoms with Gasteiger partial charge in [0.1, 0.15) is 10.3 Å². The second-order valence-electron chi connectivity index (χ2n) is 5.83. The highest BCUT2D eigenvalue weighted by Crippen LogP contribution is 2.31. The van der Waals surface area contributed by atoms with Crippen LogP contribution < -0.4 is 5.32 Å². The molecule has 0 saturated carbocycles. The van der Waals surface area contributed by atoms with E-state index in [2.05, 4.69) is 26.2 Å². The summed E-state index contributed by atoms with van der Waals surface area (Å²) in [4.78, 5) is 17.1. The van der Waals surface area contributed by atoms with Crippen LogP contribution in [0.25, 0.3) is 10.2 Å². The summed E-state index contributed by atoms with van der Waals surface area (Å²) in [6, 6.07) is 8.25. The van der Waals surface area contributed by atoms with Gasteiger partial charge in [-0.05, 0) is 42.5 Å². The molecule has 1 aromatic carbocycles. The van der Waals surface area contributed by atoms with E-state index >= 15 is 0 Å². The molecule has 0 aliphatic carbocycles. The summed E-state index contributed by atoms with van der Waals surface area (Å²) in [5.41, 5.74) is 0.794. The summed E-state index contributed by atoms with van der Waals surface area (Å²) in [6.45, 7) is 0.352. The standard InChI is InChI=1S/C16H14BrN3O3S3/c17-10-5-6-11-13(9-10)25-16(18-11)19-15(21)12-3-1-7-20(12)26(22,23)14-4-2-8-24-14/h2,4-6,8-9,12H,1,3,7H2,(H,18,19,21). The van der Waals surface area contributed by atoms with Gasteiger partial charge >= 0.3 is 0 Å². The quantitative estimate of drug-likeness (QED) is 0.625. The number of thiazole rings is 1. The number of hydrogen-bond donors (Lipinski definition) is 1. The predicted octanol–water partition coefficient (Wildman–Crippen LogP) is 3.91. The number of anilines is 1. The molecular formula is C16H14BrN3O3S3. The molecule has 0 bridgehead atoms. The molecule has 3 aromatic rings. The number of nitrogens with zero attached hydrogens (tertiary/aromatic N) is 2. The van der Waals surface area contributed by atoms with Crippen molar-refractivity contribution in [3.63, 3.8) is 0 Å². The number of carbonyl (C=O) groups is 1. The fourth-order valence-corrected chi connectivity index (χ4v) is 7.15. The molecule has 1 aliphatic rings. The Morgan fingerprint density at radius 1 is 1.35 bits per heavy atom. The zero-order valence-electron chi connectivity index (χ0n) is 13.4. The highest BCUT2D eigenvalue weighted by atomic mass is 79.9. The lowest BCUT2D eigenvalue weighted by Crippen LogP contribution is -2.42. The molecule has 0 radical (unpaired) electrons. The van der Waals surface area contributed by atoms with Crippen molar-refractivity contribution < 1.29 is 13.2 Å². The van der Waals surface area contributed by atoms with E-state index in [1.807, 2.05) is 18.2 Å². The average molecular weight is 472 g/mol. The van der Waals surface area contributed by atoms with Gasteiger partial charge in [-0.2, -0.15) is 4.31 Å². The first kappa shape index (κ1) is 18.1. The van der Waals surface area contributed by atoms with E-state index in [4.69, 9.17) is 0 Å². The summed E-state index contributed by atoms with van der Waals surface area (Å²) >= 11 is 5.94. The van der Waals surface area contributed by atoms with Crippen LogP contribution in [0.1, 0.15) is 12.8 Å². The number of nitrogens with one attached hydrogen (secondary N) is 1. The topological polar surface area (TPSA) is 79.4 Å². The molecule has 1 aliphatic heterocycles. The first-order chi connectivity index (χ1) is 12.4. The van der Waals surface area contributed by atoms with Crippen molar-refractivity contribution >= 4 is 69.9 Å². The van der Waals surface area contributed by atoms with E-state index in [0.29, 0.717) is 24.5 Å². The highest BCUT2D eigenvalue weighted by molar-refractivity contribution is 9.10. The van der Waals surface area contributed by atoms with Gasteiger partial charge in [-0.1, -0.05) is 33.3 Å². The molecule has 2 aromatic heterocycles. The van der Waals surface area contributed by atoms with Crippen LogP contribution in [0.3, 0.4) is 0 Å². The lowest BCUT2D eigenvalue weighted by Gasteiger charge is -2.22. The summed E-state index contributed by atoms with van der Waals surface area (Å²) < 4.78 is 29.0. The van der Waals surface area contributed by atoms with Crippen LogP contribution in [-0.2, 0) is 14.8 Å². The Morgan fingerprint density at radius 2 is 2.19 bits per heavy atom. The maximum atomic E-state index is 12.8. The van der Waals surface area contributed by atoms with Crippen molar-refractivity contribution in [3.05, 3.63) is 40.2 Å². The van der Waals surface area contributed by atoms with Crippen molar-refractivity contribution in [2.75, 3.05) is 11.9 Å². The molecule has 0 spiro atoms. The molecular weight excluding hydrogens is 458 g/mol. The number of rotatable bonds is 4. The van der Waals surface area contributed by atoms with E-state index < -0.39 is 16.1 Å². The van der Waals surface area contributed by atoms with Crippen LogP contribution in [0.15, 0.2) is 44.4 Å². The number of aromatic nitrogens is 1. The summed E-state index contributed by atoms with van der Waals surface area (Å²) in [5.74, 6) is -0.333. The molecule has 1 amide bonds. The summed E-state index contributed by atoms with van der Waals surface area (Å²) in [6.07, 6.45) is 1.17. The first-order valence-electron chi connectivity index (χ1n) is 7.87. The van der Waals surface area contributed by atoms with Gasteiger partial charge in [0.15, 0.2) is 5.13 Å². The number of halogens is 1. The zero-order chi connectivity index (χ0) is 18.3. The summed E-state index contributed by atoms with van der Waals surface area (Å²) in [5, 5.41) is 4.99. The smallest absolute Gasteiger partial charge is 0.253 e. The Labute approximate surface area is 167 Å². The Bertz CT molecular complexity index is 1060. The maximum Gasteiger partial charge on any atom is 0.253 e. The average Bonchev–Trinajstić information content (AvgIpc) is 3.34. The third-order valence-electron chi connectivity index (χ3n) is 4.14. The van der Waals surface area contributed by atoms with Gasteiger partial charge in [0.25, 0.3) is 10.0 Å². The Hall–Kier alpha value is -1.33. The molecule has 26 heavy (non-hydrogen) atoms. The highest BCUT2D eigenvalue weighted by Gasteiger charge is 2.40. The normalized spacial score (nSPS) is 18.4. The van der Waals surface area contributed by atoms with Crippen molar-refractivity contribution in [3.8, 4) is 0 Å². The second kappa shape index (κ2) is 7.01. The number of benzene rings is 1. The van der Waals surface area contributed by atoms with Crippen LogP contribution >= 0.6 is 38.6 Å². The van der Waals surface area contributed by atoms with Gasteiger partial charge in [0, 0.05) is 11.0 Å².